The number of amides is 1. The molecule has 0 bridgehead atoms. The molecule has 1 atom stereocenters. The third-order valence-electron chi connectivity index (χ3n) is 4.34. The number of carbonyl (C=O) groups excluding carboxylic acids is 1. The Kier molecular flexibility index (Phi) is 6.94. The molecule has 0 saturated heterocycles. The number of anilines is 2. The highest BCUT2D eigenvalue weighted by atomic mass is 35.5. The number of thioether (sulfide) groups is 1. The number of aromatic nitrogens is 2. The van der Waals surface area contributed by atoms with Gasteiger partial charge in [-0.1, -0.05) is 54.0 Å². The molecule has 9 heteroatoms. The lowest BCUT2D eigenvalue weighted by molar-refractivity contribution is -0.115. The van der Waals surface area contributed by atoms with Crippen LogP contribution in [-0.2, 0) is 4.79 Å². The van der Waals surface area contributed by atoms with Gasteiger partial charge in [0.1, 0.15) is 6.07 Å². The topological polar surface area (TPSA) is 90.7 Å². The van der Waals surface area contributed by atoms with Crippen LogP contribution >= 0.6 is 34.7 Å². The molecule has 3 rings (SSSR count). The monoisotopic (exact) mass is 421 g/mol. The Morgan fingerprint density at radius 3 is 2.85 bits per heavy atom. The number of nitrogens with one attached hydrogen (secondary N) is 2. The van der Waals surface area contributed by atoms with Crippen molar-refractivity contribution in [3.05, 3.63) is 28.8 Å². The van der Waals surface area contributed by atoms with Crippen molar-refractivity contribution >= 4 is 51.4 Å². The van der Waals surface area contributed by atoms with E-state index < -0.39 is 0 Å². The lowest BCUT2D eigenvalue weighted by Gasteiger charge is -2.21. The third kappa shape index (κ3) is 5.58. The van der Waals surface area contributed by atoms with E-state index >= 15 is 0 Å². The molecule has 2 aromatic rings. The second-order valence-corrected chi connectivity index (χ2v) is 9.38. The molecule has 1 amide bonds. The molecule has 27 heavy (non-hydrogen) atoms. The summed E-state index contributed by atoms with van der Waals surface area (Å²) in [6.07, 6.45) is 6.18. The van der Waals surface area contributed by atoms with Crippen molar-refractivity contribution in [1.82, 2.24) is 10.2 Å². The summed E-state index contributed by atoms with van der Waals surface area (Å²) in [5, 5.41) is 24.3. The SMILES string of the molecule is CC(Sc1nnc(NC2CCCCC2)s1)C(=O)Nc1ccc(C#N)c(Cl)c1. The van der Waals surface area contributed by atoms with Gasteiger partial charge in [0.25, 0.3) is 0 Å². The van der Waals surface area contributed by atoms with Gasteiger partial charge in [0.05, 0.1) is 15.8 Å². The van der Waals surface area contributed by atoms with E-state index in [0.717, 1.165) is 9.47 Å². The minimum atomic E-state index is -0.338. The first-order valence-electron chi connectivity index (χ1n) is 8.82. The maximum atomic E-state index is 12.4. The molecule has 1 aromatic heterocycles. The summed E-state index contributed by atoms with van der Waals surface area (Å²) in [7, 11) is 0. The normalized spacial score (nSPS) is 15.7. The molecular weight excluding hydrogens is 402 g/mol. The van der Waals surface area contributed by atoms with Crippen LogP contribution in [-0.4, -0.2) is 27.4 Å². The minimum absolute atomic E-state index is 0.155. The Morgan fingerprint density at radius 2 is 2.15 bits per heavy atom. The van der Waals surface area contributed by atoms with E-state index in [9.17, 15) is 4.79 Å². The lowest BCUT2D eigenvalue weighted by atomic mass is 9.96. The fraction of sp³-hybridized carbons (Fsp3) is 0.444. The van der Waals surface area contributed by atoms with Crippen molar-refractivity contribution < 1.29 is 4.79 Å². The molecule has 1 aromatic carbocycles. The quantitative estimate of drug-likeness (QED) is 0.643. The summed E-state index contributed by atoms with van der Waals surface area (Å²) >= 11 is 8.85. The molecule has 1 saturated carbocycles. The van der Waals surface area contributed by atoms with Gasteiger partial charge in [-0.25, -0.2) is 0 Å². The Hall–Kier alpha value is -1.82. The molecule has 1 heterocycles. The van der Waals surface area contributed by atoms with Crippen LogP contribution in [0.25, 0.3) is 0 Å². The van der Waals surface area contributed by atoms with Gasteiger partial charge >= 0.3 is 0 Å². The first kappa shape index (κ1) is 19.9. The summed E-state index contributed by atoms with van der Waals surface area (Å²) < 4.78 is 0.758. The Morgan fingerprint density at radius 1 is 1.37 bits per heavy atom. The van der Waals surface area contributed by atoms with E-state index in [1.54, 1.807) is 18.2 Å². The average molecular weight is 422 g/mol. The van der Waals surface area contributed by atoms with Gasteiger partial charge in [-0.05, 0) is 38.0 Å². The van der Waals surface area contributed by atoms with Crippen LogP contribution in [0.1, 0.15) is 44.6 Å². The number of carbonyl (C=O) groups is 1. The summed E-state index contributed by atoms with van der Waals surface area (Å²) in [6.45, 7) is 1.82. The summed E-state index contributed by atoms with van der Waals surface area (Å²) in [4.78, 5) is 12.4. The van der Waals surface area contributed by atoms with Crippen molar-refractivity contribution in [1.29, 1.82) is 5.26 Å². The number of benzene rings is 1. The van der Waals surface area contributed by atoms with E-state index in [1.807, 2.05) is 13.0 Å². The van der Waals surface area contributed by atoms with Crippen LogP contribution in [0.15, 0.2) is 22.5 Å². The molecule has 1 aliphatic carbocycles. The Labute approximate surface area is 171 Å². The van der Waals surface area contributed by atoms with Gasteiger partial charge in [0.15, 0.2) is 4.34 Å². The fourth-order valence-electron chi connectivity index (χ4n) is 2.87. The average Bonchev–Trinajstić information content (AvgIpc) is 3.09. The zero-order chi connectivity index (χ0) is 19.2. The van der Waals surface area contributed by atoms with Crippen molar-refractivity contribution in [2.75, 3.05) is 10.6 Å². The zero-order valence-corrected chi connectivity index (χ0v) is 17.3. The van der Waals surface area contributed by atoms with E-state index in [2.05, 4.69) is 20.8 Å². The van der Waals surface area contributed by atoms with Gasteiger partial charge in [-0.3, -0.25) is 4.79 Å². The van der Waals surface area contributed by atoms with E-state index in [-0.39, 0.29) is 11.2 Å². The molecule has 1 fully saturated rings. The van der Waals surface area contributed by atoms with Crippen LogP contribution in [0.5, 0.6) is 0 Å². The van der Waals surface area contributed by atoms with Crippen LogP contribution < -0.4 is 10.6 Å². The van der Waals surface area contributed by atoms with Crippen LogP contribution in [0.3, 0.4) is 0 Å². The number of hydrogen-bond acceptors (Lipinski definition) is 7. The number of halogens is 1. The number of rotatable bonds is 6. The molecule has 1 unspecified atom stereocenters. The first-order valence-corrected chi connectivity index (χ1v) is 10.9. The smallest absolute Gasteiger partial charge is 0.237 e. The third-order valence-corrected chi connectivity index (χ3v) is 6.69. The maximum absolute atomic E-state index is 12.4. The van der Waals surface area contributed by atoms with Crippen LogP contribution in [0.4, 0.5) is 10.8 Å². The maximum Gasteiger partial charge on any atom is 0.237 e. The standard InChI is InChI=1S/C18H20ClN5OS2/c1-11(16(25)21-14-8-7-12(10-20)15(19)9-14)26-18-24-23-17(27-18)22-13-5-3-2-4-6-13/h7-9,11,13H,2-6H2,1H3,(H,21,25)(H,22,23). The predicted molar refractivity (Wildman–Crippen MR) is 111 cm³/mol. The summed E-state index contributed by atoms with van der Waals surface area (Å²) in [5.74, 6) is -0.155. The lowest BCUT2D eigenvalue weighted by Crippen LogP contribution is -2.22. The van der Waals surface area contributed by atoms with E-state index in [1.165, 1.54) is 55.2 Å². The molecule has 1 aliphatic rings. The van der Waals surface area contributed by atoms with Gasteiger partial charge < -0.3 is 10.6 Å². The zero-order valence-electron chi connectivity index (χ0n) is 14.9. The Bertz CT molecular complexity index is 845. The van der Waals surface area contributed by atoms with Crippen molar-refractivity contribution in [2.24, 2.45) is 0 Å². The van der Waals surface area contributed by atoms with Crippen molar-refractivity contribution in [3.8, 4) is 6.07 Å². The number of nitrogens with zero attached hydrogens (tertiary/aromatic N) is 3. The molecule has 6 nitrogen and oxygen atoms in total. The van der Waals surface area contributed by atoms with Gasteiger partial charge in [0, 0.05) is 11.7 Å². The number of hydrogen-bond donors (Lipinski definition) is 2. The highest BCUT2D eigenvalue weighted by Crippen LogP contribution is 2.31. The van der Waals surface area contributed by atoms with Crippen LogP contribution in [0, 0.1) is 11.3 Å². The van der Waals surface area contributed by atoms with E-state index in [4.69, 9.17) is 16.9 Å². The van der Waals surface area contributed by atoms with Gasteiger partial charge in [-0.15, -0.1) is 10.2 Å². The largest absolute Gasteiger partial charge is 0.357 e. The van der Waals surface area contributed by atoms with Gasteiger partial charge in [0.2, 0.25) is 11.0 Å². The molecule has 0 radical (unpaired) electrons. The fourth-order valence-corrected chi connectivity index (χ4v) is 5.07. The molecule has 0 spiro atoms. The summed E-state index contributed by atoms with van der Waals surface area (Å²) in [5.41, 5.74) is 0.942. The van der Waals surface area contributed by atoms with Crippen molar-refractivity contribution in [3.63, 3.8) is 0 Å². The van der Waals surface area contributed by atoms with Crippen LogP contribution in [0.2, 0.25) is 5.02 Å². The highest BCUT2D eigenvalue weighted by Gasteiger charge is 2.19. The first-order chi connectivity index (χ1) is 13.0. The van der Waals surface area contributed by atoms with Gasteiger partial charge in [-0.2, -0.15) is 5.26 Å². The summed E-state index contributed by atoms with van der Waals surface area (Å²) in [6, 6.07) is 7.30. The molecule has 0 aliphatic heterocycles. The minimum Gasteiger partial charge on any atom is -0.357 e. The Balaban J connectivity index is 1.53. The van der Waals surface area contributed by atoms with Crippen molar-refractivity contribution in [2.45, 2.75) is 54.7 Å². The highest BCUT2D eigenvalue weighted by molar-refractivity contribution is 8.02. The second-order valence-electron chi connectivity index (χ2n) is 6.41. The van der Waals surface area contributed by atoms with E-state index in [0.29, 0.717) is 22.3 Å². The number of nitriles is 1. The molecular formula is C18H20ClN5OS2. The molecule has 2 N–H and O–H groups in total. The second kappa shape index (κ2) is 9.40. The molecule has 142 valence electrons. The predicted octanol–water partition coefficient (Wildman–Crippen LogP) is 4.93.